The number of carbonyl (C=O) groups is 1. The molecule has 0 bridgehead atoms. The number of carbonyl (C=O) groups excluding carboxylic acids is 1. The van der Waals surface area contributed by atoms with Crippen LogP contribution in [0.25, 0.3) is 0 Å². The van der Waals surface area contributed by atoms with Gasteiger partial charge in [-0.15, -0.1) is 11.8 Å². The van der Waals surface area contributed by atoms with Crippen LogP contribution >= 0.6 is 11.8 Å². The smallest absolute Gasteiger partial charge is 0.237 e. The Kier molecular flexibility index (Phi) is 4.63. The van der Waals surface area contributed by atoms with Crippen LogP contribution in [-0.4, -0.2) is 31.3 Å². The second kappa shape index (κ2) is 6.22. The largest absolute Gasteiger partial charge is 0.324 e. The van der Waals surface area contributed by atoms with Crippen LogP contribution < -0.4 is 16.0 Å². The Hall–Kier alpha value is -1.04. The zero-order chi connectivity index (χ0) is 13.0. The molecule has 1 heterocycles. The Labute approximate surface area is 112 Å². The summed E-state index contributed by atoms with van der Waals surface area (Å²) in [6, 6.07) is 6.26. The fraction of sp³-hybridized carbons (Fsp3) is 0.462. The Balaban J connectivity index is 1.99. The van der Waals surface area contributed by atoms with E-state index in [4.69, 9.17) is 0 Å². The highest BCUT2D eigenvalue weighted by molar-refractivity contribution is 8.00. The van der Waals surface area contributed by atoms with Crippen molar-refractivity contribution < 1.29 is 4.79 Å². The van der Waals surface area contributed by atoms with E-state index >= 15 is 0 Å². The van der Waals surface area contributed by atoms with Gasteiger partial charge in [-0.05, 0) is 31.7 Å². The summed E-state index contributed by atoms with van der Waals surface area (Å²) in [5.41, 5.74) is 2.14. The van der Waals surface area contributed by atoms with Crippen molar-refractivity contribution in [2.45, 2.75) is 23.6 Å². The normalized spacial score (nSPS) is 18.3. The first kappa shape index (κ1) is 13.4. The summed E-state index contributed by atoms with van der Waals surface area (Å²) in [6.45, 7) is 4.64. The quantitative estimate of drug-likeness (QED) is 0.705. The lowest BCUT2D eigenvalue weighted by molar-refractivity contribution is -0.115. The monoisotopic (exact) mass is 265 g/mol. The maximum atomic E-state index is 11.6. The van der Waals surface area contributed by atoms with Gasteiger partial charge in [-0.25, -0.2) is 0 Å². The number of thioether (sulfide) groups is 1. The Morgan fingerprint density at radius 3 is 3.00 bits per heavy atom. The summed E-state index contributed by atoms with van der Waals surface area (Å²) >= 11 is 1.62. The highest BCUT2D eigenvalue weighted by Crippen LogP contribution is 2.35. The Morgan fingerprint density at radius 2 is 2.22 bits per heavy atom. The fourth-order valence-corrected chi connectivity index (χ4v) is 2.74. The summed E-state index contributed by atoms with van der Waals surface area (Å²) < 4.78 is 0. The molecule has 1 aliphatic heterocycles. The van der Waals surface area contributed by atoms with E-state index in [0.29, 0.717) is 0 Å². The number of rotatable bonds is 5. The molecule has 0 spiro atoms. The third-order valence-electron chi connectivity index (χ3n) is 2.86. The first-order valence-electron chi connectivity index (χ1n) is 6.16. The van der Waals surface area contributed by atoms with Crippen molar-refractivity contribution >= 4 is 23.4 Å². The van der Waals surface area contributed by atoms with Crippen LogP contribution in [0.5, 0.6) is 0 Å². The van der Waals surface area contributed by atoms with Gasteiger partial charge in [-0.2, -0.15) is 0 Å². The SMILES string of the molecule is CNCCNCc1ccc2c(c1)NC(=O)C(C)S2. The molecule has 0 saturated heterocycles. The van der Waals surface area contributed by atoms with Gasteiger partial charge in [0, 0.05) is 24.5 Å². The molecule has 0 aliphatic carbocycles. The van der Waals surface area contributed by atoms with E-state index in [2.05, 4.69) is 34.1 Å². The molecule has 1 atom stereocenters. The van der Waals surface area contributed by atoms with Crippen molar-refractivity contribution in [3.8, 4) is 0 Å². The molecular formula is C13H19N3OS. The summed E-state index contributed by atoms with van der Waals surface area (Å²) in [6.07, 6.45) is 0. The summed E-state index contributed by atoms with van der Waals surface area (Å²) in [5, 5.41) is 9.39. The van der Waals surface area contributed by atoms with Crippen molar-refractivity contribution in [3.05, 3.63) is 23.8 Å². The second-order valence-corrected chi connectivity index (χ2v) is 5.74. The zero-order valence-corrected chi connectivity index (χ0v) is 11.6. The lowest BCUT2D eigenvalue weighted by Gasteiger charge is -2.22. The van der Waals surface area contributed by atoms with E-state index in [9.17, 15) is 4.79 Å². The van der Waals surface area contributed by atoms with E-state index < -0.39 is 0 Å². The molecule has 0 aromatic heterocycles. The van der Waals surface area contributed by atoms with Gasteiger partial charge >= 0.3 is 0 Å². The number of amides is 1. The molecule has 98 valence electrons. The Morgan fingerprint density at radius 1 is 1.39 bits per heavy atom. The number of hydrogen-bond donors (Lipinski definition) is 3. The number of nitrogens with one attached hydrogen (secondary N) is 3. The molecule has 0 radical (unpaired) electrons. The maximum absolute atomic E-state index is 11.6. The van der Waals surface area contributed by atoms with Crippen molar-refractivity contribution in [2.75, 3.05) is 25.5 Å². The van der Waals surface area contributed by atoms with Gasteiger partial charge < -0.3 is 16.0 Å². The molecule has 3 N–H and O–H groups in total. The molecule has 5 heteroatoms. The van der Waals surface area contributed by atoms with Gasteiger partial charge in [0.05, 0.1) is 10.9 Å². The van der Waals surface area contributed by atoms with Crippen LogP contribution in [0, 0.1) is 0 Å². The van der Waals surface area contributed by atoms with Gasteiger partial charge in [0.2, 0.25) is 5.91 Å². The molecule has 0 saturated carbocycles. The van der Waals surface area contributed by atoms with Crippen molar-refractivity contribution in [1.29, 1.82) is 0 Å². The van der Waals surface area contributed by atoms with E-state index in [0.717, 1.165) is 30.2 Å². The zero-order valence-electron chi connectivity index (χ0n) is 10.7. The van der Waals surface area contributed by atoms with Gasteiger partial charge in [0.15, 0.2) is 0 Å². The molecule has 0 fully saturated rings. The summed E-state index contributed by atoms with van der Waals surface area (Å²) in [7, 11) is 1.94. The highest BCUT2D eigenvalue weighted by Gasteiger charge is 2.22. The standard InChI is InChI=1S/C13H19N3OS/c1-9-13(17)16-11-7-10(3-4-12(11)18-9)8-15-6-5-14-2/h3-4,7,9,14-15H,5-6,8H2,1-2H3,(H,16,17). The average molecular weight is 265 g/mol. The molecule has 4 nitrogen and oxygen atoms in total. The molecule has 1 aliphatic rings. The number of fused-ring (bicyclic) bond motifs is 1. The average Bonchev–Trinajstić information content (AvgIpc) is 2.36. The van der Waals surface area contributed by atoms with Gasteiger partial charge in [0.1, 0.15) is 0 Å². The predicted octanol–water partition coefficient (Wildman–Crippen LogP) is 1.43. The second-order valence-electron chi connectivity index (χ2n) is 4.36. The molecule has 1 aromatic carbocycles. The van der Waals surface area contributed by atoms with Crippen molar-refractivity contribution in [2.24, 2.45) is 0 Å². The van der Waals surface area contributed by atoms with Crippen LogP contribution in [0.15, 0.2) is 23.1 Å². The summed E-state index contributed by atoms with van der Waals surface area (Å²) in [4.78, 5) is 12.8. The number of likely N-dealkylation sites (N-methyl/N-ethyl adjacent to an activating group) is 1. The molecule has 1 unspecified atom stereocenters. The van der Waals surface area contributed by atoms with Gasteiger partial charge in [0.25, 0.3) is 0 Å². The topological polar surface area (TPSA) is 53.2 Å². The predicted molar refractivity (Wildman–Crippen MR) is 76.0 cm³/mol. The molecule has 1 aromatic rings. The number of anilines is 1. The first-order valence-corrected chi connectivity index (χ1v) is 7.04. The van der Waals surface area contributed by atoms with E-state index in [1.165, 1.54) is 5.56 Å². The molecule has 1 amide bonds. The lowest BCUT2D eigenvalue weighted by atomic mass is 10.2. The van der Waals surface area contributed by atoms with Crippen LogP contribution in [0.2, 0.25) is 0 Å². The van der Waals surface area contributed by atoms with E-state index in [-0.39, 0.29) is 11.2 Å². The van der Waals surface area contributed by atoms with Crippen molar-refractivity contribution in [3.63, 3.8) is 0 Å². The minimum Gasteiger partial charge on any atom is -0.324 e. The molecule has 2 rings (SSSR count). The summed E-state index contributed by atoms with van der Waals surface area (Å²) in [5.74, 6) is 0.0905. The van der Waals surface area contributed by atoms with E-state index in [1.54, 1.807) is 11.8 Å². The van der Waals surface area contributed by atoms with Crippen molar-refractivity contribution in [1.82, 2.24) is 10.6 Å². The molecule has 18 heavy (non-hydrogen) atoms. The molecular weight excluding hydrogens is 246 g/mol. The van der Waals surface area contributed by atoms with Gasteiger partial charge in [-0.3, -0.25) is 4.79 Å². The van der Waals surface area contributed by atoms with Crippen LogP contribution in [0.3, 0.4) is 0 Å². The van der Waals surface area contributed by atoms with Crippen LogP contribution in [-0.2, 0) is 11.3 Å². The third kappa shape index (κ3) is 3.25. The number of hydrogen-bond acceptors (Lipinski definition) is 4. The van der Waals surface area contributed by atoms with Crippen LogP contribution in [0.1, 0.15) is 12.5 Å². The minimum atomic E-state index is -0.00268. The van der Waals surface area contributed by atoms with E-state index in [1.807, 2.05) is 14.0 Å². The fourth-order valence-electron chi connectivity index (χ4n) is 1.81. The first-order chi connectivity index (χ1) is 8.70. The Bertz CT molecular complexity index is 436. The number of benzene rings is 1. The minimum absolute atomic E-state index is 0.00268. The maximum Gasteiger partial charge on any atom is 0.237 e. The lowest BCUT2D eigenvalue weighted by Crippen LogP contribution is -2.27. The van der Waals surface area contributed by atoms with Gasteiger partial charge in [-0.1, -0.05) is 6.07 Å². The third-order valence-corrected chi connectivity index (χ3v) is 4.03. The highest BCUT2D eigenvalue weighted by atomic mass is 32.2. The van der Waals surface area contributed by atoms with Crippen LogP contribution in [0.4, 0.5) is 5.69 Å².